The zero-order valence-corrected chi connectivity index (χ0v) is 19.5. The minimum absolute atomic E-state index is 0.0128. The molecule has 0 aliphatic carbocycles. The molecule has 1 heterocycles. The minimum Gasteiger partial charge on any atom is -0.481 e. The molecule has 0 fully saturated rings. The highest BCUT2D eigenvalue weighted by molar-refractivity contribution is 7.92. The van der Waals surface area contributed by atoms with E-state index in [-0.39, 0.29) is 29.5 Å². The van der Waals surface area contributed by atoms with E-state index in [1.165, 1.54) is 37.4 Å². The fourth-order valence-corrected chi connectivity index (χ4v) is 4.58. The van der Waals surface area contributed by atoms with Gasteiger partial charge in [0.2, 0.25) is 5.91 Å². The van der Waals surface area contributed by atoms with Gasteiger partial charge in [-0.3, -0.25) is 14.3 Å². The van der Waals surface area contributed by atoms with Crippen LogP contribution in [0, 0.1) is 12.3 Å². The first-order chi connectivity index (χ1) is 16.1. The van der Waals surface area contributed by atoms with Crippen LogP contribution in [0.1, 0.15) is 20.3 Å². The van der Waals surface area contributed by atoms with E-state index in [0.29, 0.717) is 22.3 Å². The summed E-state index contributed by atoms with van der Waals surface area (Å²) in [5.41, 5.74) is 0.740. The fraction of sp³-hybridized carbons (Fsp3) is 0.208. The fourth-order valence-electron chi connectivity index (χ4n) is 3.51. The van der Waals surface area contributed by atoms with Crippen LogP contribution in [-0.4, -0.2) is 43.0 Å². The first-order valence-corrected chi connectivity index (χ1v) is 11.8. The highest BCUT2D eigenvalue weighted by Gasteiger charge is 2.22. The van der Waals surface area contributed by atoms with Gasteiger partial charge in [0.15, 0.2) is 0 Å². The number of benzene rings is 2. The lowest BCUT2D eigenvalue weighted by molar-refractivity contribution is -0.137. The topological polar surface area (TPSA) is 129 Å². The molecule has 0 radical (unpaired) electrons. The molecule has 9 nitrogen and oxygen atoms in total. The number of carbonyl (C=O) groups is 2. The number of hydrogen-bond donors (Lipinski definition) is 3. The second-order valence-corrected chi connectivity index (χ2v) is 9.31. The molecule has 3 N–H and O–H groups in total. The molecular weight excluding hydrogens is 456 g/mol. The number of anilines is 3. The molecule has 2 aromatic carbocycles. The van der Waals surface area contributed by atoms with Crippen LogP contribution >= 0.6 is 0 Å². The zero-order chi connectivity index (χ0) is 24.9. The van der Waals surface area contributed by atoms with Gasteiger partial charge in [0.05, 0.1) is 29.7 Å². The monoisotopic (exact) mass is 480 g/mol. The van der Waals surface area contributed by atoms with Crippen molar-refractivity contribution < 1.29 is 23.1 Å². The average Bonchev–Trinajstić information content (AvgIpc) is 2.77. The van der Waals surface area contributed by atoms with Crippen molar-refractivity contribution in [1.29, 1.82) is 0 Å². The summed E-state index contributed by atoms with van der Waals surface area (Å²) in [7, 11) is -3.95. The van der Waals surface area contributed by atoms with Crippen molar-refractivity contribution in [3.8, 4) is 12.3 Å². The maximum atomic E-state index is 13.0. The Morgan fingerprint density at radius 2 is 1.79 bits per heavy atom. The van der Waals surface area contributed by atoms with Crippen LogP contribution < -0.4 is 14.9 Å². The van der Waals surface area contributed by atoms with Crippen LogP contribution in [0.25, 0.3) is 10.8 Å². The van der Waals surface area contributed by atoms with Crippen LogP contribution in [-0.2, 0) is 19.6 Å². The highest BCUT2D eigenvalue weighted by Crippen LogP contribution is 2.32. The third-order valence-corrected chi connectivity index (χ3v) is 6.42. The third kappa shape index (κ3) is 5.63. The lowest BCUT2D eigenvalue weighted by Crippen LogP contribution is -2.36. The SMILES string of the molecule is C#CCN(c1ncc(NS(=O)(=O)c2ccc(NC(C)=O)cc2)c2ccccc12)[C@@H](C)CC(=O)O. The molecule has 3 rings (SSSR count). The molecule has 0 saturated carbocycles. The molecule has 0 bridgehead atoms. The van der Waals surface area contributed by atoms with Gasteiger partial charge in [0, 0.05) is 29.4 Å². The Bertz CT molecular complexity index is 1360. The van der Waals surface area contributed by atoms with Crippen molar-refractivity contribution in [2.75, 3.05) is 21.5 Å². The maximum absolute atomic E-state index is 13.0. The Morgan fingerprint density at radius 1 is 1.15 bits per heavy atom. The third-order valence-electron chi connectivity index (χ3n) is 5.04. The van der Waals surface area contributed by atoms with Crippen LogP contribution in [0.5, 0.6) is 0 Å². The molecule has 1 amide bonds. The molecule has 0 aliphatic rings. The van der Waals surface area contributed by atoms with E-state index in [1.807, 2.05) is 0 Å². The average molecular weight is 481 g/mol. The van der Waals surface area contributed by atoms with Crippen LogP contribution in [0.15, 0.2) is 59.6 Å². The van der Waals surface area contributed by atoms with Crippen molar-refractivity contribution in [3.63, 3.8) is 0 Å². The number of terminal acetylenes is 1. The number of amides is 1. The van der Waals surface area contributed by atoms with E-state index in [9.17, 15) is 23.1 Å². The van der Waals surface area contributed by atoms with E-state index in [4.69, 9.17) is 6.42 Å². The number of sulfonamides is 1. The molecule has 0 spiro atoms. The van der Waals surface area contributed by atoms with Crippen LogP contribution in [0.4, 0.5) is 17.2 Å². The summed E-state index contributed by atoms with van der Waals surface area (Å²) in [6.07, 6.45) is 6.76. The zero-order valence-electron chi connectivity index (χ0n) is 18.6. The van der Waals surface area contributed by atoms with E-state index in [1.54, 1.807) is 36.1 Å². The maximum Gasteiger partial charge on any atom is 0.305 e. The van der Waals surface area contributed by atoms with Gasteiger partial charge < -0.3 is 15.3 Å². The van der Waals surface area contributed by atoms with Crippen molar-refractivity contribution in [1.82, 2.24) is 4.98 Å². The first-order valence-electron chi connectivity index (χ1n) is 10.3. The molecular formula is C24H24N4O5S. The number of aliphatic carboxylic acids is 1. The molecule has 0 unspecified atom stereocenters. The molecule has 0 aliphatic heterocycles. The number of carboxylic acid groups (broad SMARTS) is 1. The number of rotatable bonds is 9. The van der Waals surface area contributed by atoms with E-state index in [2.05, 4.69) is 20.9 Å². The summed E-state index contributed by atoms with van der Waals surface area (Å²) in [5, 5.41) is 13.0. The van der Waals surface area contributed by atoms with Gasteiger partial charge in [0.1, 0.15) is 5.82 Å². The minimum atomic E-state index is -3.95. The molecule has 176 valence electrons. The van der Waals surface area contributed by atoms with Gasteiger partial charge in [-0.15, -0.1) is 6.42 Å². The number of fused-ring (bicyclic) bond motifs is 1. The predicted octanol–water partition coefficient (Wildman–Crippen LogP) is 3.30. The molecule has 1 aromatic heterocycles. The van der Waals surface area contributed by atoms with Gasteiger partial charge in [-0.1, -0.05) is 30.2 Å². The van der Waals surface area contributed by atoms with E-state index >= 15 is 0 Å². The second-order valence-electron chi connectivity index (χ2n) is 7.63. The molecule has 1 atom stereocenters. The Hall–Kier alpha value is -4.10. The molecule has 34 heavy (non-hydrogen) atoms. The highest BCUT2D eigenvalue weighted by atomic mass is 32.2. The number of hydrogen-bond acceptors (Lipinski definition) is 6. The number of aromatic nitrogens is 1. The van der Waals surface area contributed by atoms with Crippen molar-refractivity contribution in [2.45, 2.75) is 31.2 Å². The van der Waals surface area contributed by atoms with Gasteiger partial charge in [-0.05, 0) is 31.2 Å². The summed E-state index contributed by atoms with van der Waals surface area (Å²) in [4.78, 5) is 28.6. The van der Waals surface area contributed by atoms with Gasteiger partial charge in [-0.2, -0.15) is 0 Å². The summed E-state index contributed by atoms with van der Waals surface area (Å²) in [6.45, 7) is 3.24. The molecule has 0 saturated heterocycles. The van der Waals surface area contributed by atoms with Crippen molar-refractivity contribution in [2.24, 2.45) is 0 Å². The molecule has 10 heteroatoms. The Balaban J connectivity index is 1.99. The van der Waals surface area contributed by atoms with Crippen LogP contribution in [0.3, 0.4) is 0 Å². The normalized spacial score (nSPS) is 11.9. The largest absolute Gasteiger partial charge is 0.481 e. The Kier molecular flexibility index (Phi) is 7.38. The Morgan fingerprint density at radius 3 is 2.38 bits per heavy atom. The summed E-state index contributed by atoms with van der Waals surface area (Å²) < 4.78 is 28.6. The lowest BCUT2D eigenvalue weighted by atomic mass is 10.1. The van der Waals surface area contributed by atoms with Gasteiger partial charge in [0.25, 0.3) is 10.0 Å². The standard InChI is InChI=1S/C24H24N4O5S/c1-4-13-28(16(2)14-23(30)31)24-21-8-6-5-7-20(21)22(15-25-24)27-34(32,33)19-11-9-18(10-12-19)26-17(3)29/h1,5-12,15-16,27H,13-14H2,2-3H3,(H,26,29)(H,30,31)/t16-/m0/s1. The number of carbonyl (C=O) groups excluding carboxylic acids is 1. The quantitative estimate of drug-likeness (QED) is 0.401. The van der Waals surface area contributed by atoms with E-state index < -0.39 is 22.0 Å². The predicted molar refractivity (Wildman–Crippen MR) is 131 cm³/mol. The second kappa shape index (κ2) is 10.2. The van der Waals surface area contributed by atoms with Crippen molar-refractivity contribution in [3.05, 3.63) is 54.7 Å². The number of nitrogens with one attached hydrogen (secondary N) is 2. The number of pyridine rings is 1. The van der Waals surface area contributed by atoms with Gasteiger partial charge in [-0.25, -0.2) is 13.4 Å². The summed E-state index contributed by atoms with van der Waals surface area (Å²) in [6, 6.07) is 12.4. The van der Waals surface area contributed by atoms with Crippen LogP contribution in [0.2, 0.25) is 0 Å². The Labute approximate surface area is 197 Å². The molecule has 3 aromatic rings. The smallest absolute Gasteiger partial charge is 0.305 e. The number of nitrogens with zero attached hydrogens (tertiary/aromatic N) is 2. The van der Waals surface area contributed by atoms with E-state index in [0.717, 1.165) is 0 Å². The summed E-state index contributed by atoms with van der Waals surface area (Å²) in [5.74, 6) is 1.77. The number of carboxylic acids is 1. The lowest BCUT2D eigenvalue weighted by Gasteiger charge is -2.29. The van der Waals surface area contributed by atoms with Crippen molar-refractivity contribution >= 4 is 49.9 Å². The first kappa shape index (κ1) is 24.5. The van der Waals surface area contributed by atoms with Gasteiger partial charge >= 0.3 is 5.97 Å². The summed E-state index contributed by atoms with van der Waals surface area (Å²) >= 11 is 0.